The first-order chi connectivity index (χ1) is 18.6. The third-order valence-corrected chi connectivity index (χ3v) is 10.2. The molecule has 3 aliphatic rings. The number of aliphatic hydroxyl groups excluding tert-OH is 1. The summed E-state index contributed by atoms with van der Waals surface area (Å²) in [5.74, 6) is 0.0740. The Morgan fingerprint density at radius 2 is 1.97 bits per heavy atom. The minimum Gasteiger partial charge on any atom is -0.487 e. The number of anilines is 1. The third kappa shape index (κ3) is 6.28. The fraction of sp³-hybridized carbons (Fsp3) is 0.500. The first-order valence-electron chi connectivity index (χ1n) is 13.8. The molecule has 0 saturated heterocycles. The second-order valence-corrected chi connectivity index (χ2v) is 13.6. The predicted molar refractivity (Wildman–Crippen MR) is 154 cm³/mol. The van der Waals surface area contributed by atoms with Gasteiger partial charge in [-0.15, -0.1) is 0 Å². The molecule has 1 amide bonds. The van der Waals surface area contributed by atoms with Gasteiger partial charge in [-0.3, -0.25) is 4.79 Å². The lowest BCUT2D eigenvalue weighted by molar-refractivity contribution is -0.0694. The molecule has 1 aliphatic carbocycles. The SMILES string of the molecule is C[C@@]12CC[C@H]1CN1CCCCc3cc(Cl)ccc3COc3ccc(cc31)C(=O)NS(=O)(=O)CC/C=C\C[C@@H]2O. The van der Waals surface area contributed by atoms with Crippen molar-refractivity contribution in [3.63, 3.8) is 0 Å². The smallest absolute Gasteiger partial charge is 0.264 e. The molecule has 7 nitrogen and oxygen atoms in total. The number of ether oxygens (including phenoxy) is 1. The summed E-state index contributed by atoms with van der Waals surface area (Å²) in [5, 5.41) is 11.8. The summed E-state index contributed by atoms with van der Waals surface area (Å²) in [6.07, 6.45) is 8.61. The molecule has 39 heavy (non-hydrogen) atoms. The van der Waals surface area contributed by atoms with Crippen molar-refractivity contribution >= 4 is 33.2 Å². The average Bonchev–Trinajstić information content (AvgIpc) is 2.92. The maximum Gasteiger partial charge on any atom is 0.264 e. The van der Waals surface area contributed by atoms with Crippen LogP contribution in [-0.2, 0) is 23.1 Å². The number of hydrogen-bond donors (Lipinski definition) is 2. The van der Waals surface area contributed by atoms with Crippen LogP contribution in [0.5, 0.6) is 5.75 Å². The Hall–Kier alpha value is -2.55. The van der Waals surface area contributed by atoms with E-state index in [2.05, 4.69) is 16.5 Å². The van der Waals surface area contributed by atoms with Crippen molar-refractivity contribution in [3.8, 4) is 5.75 Å². The van der Waals surface area contributed by atoms with Gasteiger partial charge in [0.15, 0.2) is 0 Å². The largest absolute Gasteiger partial charge is 0.487 e. The summed E-state index contributed by atoms with van der Waals surface area (Å²) in [6, 6.07) is 11.0. The molecule has 0 aromatic heterocycles. The van der Waals surface area contributed by atoms with E-state index in [1.54, 1.807) is 24.3 Å². The lowest BCUT2D eigenvalue weighted by Crippen LogP contribution is -2.51. The van der Waals surface area contributed by atoms with Gasteiger partial charge in [0.25, 0.3) is 5.91 Å². The highest BCUT2D eigenvalue weighted by Crippen LogP contribution is 2.51. The van der Waals surface area contributed by atoms with E-state index in [1.165, 1.54) is 5.56 Å². The molecule has 5 rings (SSSR count). The standard InChI is InChI=1S/C30H37ClN2O5S/c1-30-14-13-24(30)19-33-15-5-4-7-21-17-25(31)11-9-23(21)20-38-27-12-10-22(18-26(27)33)29(35)32-39(36,37)16-6-2-3-8-28(30)34/h2-3,9-12,17-18,24,28,34H,4-8,13-16,19-20H2,1H3,(H,32,35)/b3-2-/t24-,28-,30+/m0/s1. The van der Waals surface area contributed by atoms with Gasteiger partial charge in [0.2, 0.25) is 10.0 Å². The monoisotopic (exact) mass is 572 g/mol. The minimum atomic E-state index is -3.81. The maximum absolute atomic E-state index is 13.0. The van der Waals surface area contributed by atoms with E-state index in [0.717, 1.165) is 56.4 Å². The zero-order valence-corrected chi connectivity index (χ0v) is 23.9. The molecular weight excluding hydrogens is 536 g/mol. The second-order valence-electron chi connectivity index (χ2n) is 11.3. The van der Waals surface area contributed by atoms with E-state index in [0.29, 0.717) is 23.8 Å². The van der Waals surface area contributed by atoms with E-state index in [9.17, 15) is 18.3 Å². The molecule has 3 atom stereocenters. The number of carbonyl (C=O) groups excluding carboxylic acids is 1. The summed E-state index contributed by atoms with van der Waals surface area (Å²) in [4.78, 5) is 15.3. The highest BCUT2D eigenvalue weighted by Gasteiger charge is 2.48. The number of nitrogens with zero attached hydrogens (tertiary/aromatic N) is 1. The normalized spacial score (nSPS) is 28.4. The number of sulfonamides is 1. The van der Waals surface area contributed by atoms with Crippen LogP contribution in [0.1, 0.15) is 66.9 Å². The zero-order valence-electron chi connectivity index (χ0n) is 22.4. The molecule has 0 radical (unpaired) electrons. The predicted octanol–water partition coefficient (Wildman–Crippen LogP) is 5.25. The van der Waals surface area contributed by atoms with Gasteiger partial charge in [-0.2, -0.15) is 0 Å². The molecule has 2 bridgehead atoms. The number of rotatable bonds is 0. The third-order valence-electron chi connectivity index (χ3n) is 8.73. The molecule has 2 heterocycles. The van der Waals surface area contributed by atoms with E-state index < -0.39 is 22.0 Å². The number of aryl methyl sites for hydroxylation is 1. The first-order valence-corrected chi connectivity index (χ1v) is 15.8. The highest BCUT2D eigenvalue weighted by molar-refractivity contribution is 7.90. The van der Waals surface area contributed by atoms with Crippen LogP contribution in [0.25, 0.3) is 0 Å². The zero-order chi connectivity index (χ0) is 27.6. The van der Waals surface area contributed by atoms with Crippen molar-refractivity contribution in [1.82, 2.24) is 4.72 Å². The summed E-state index contributed by atoms with van der Waals surface area (Å²) in [5.41, 5.74) is 3.05. The Balaban J connectivity index is 1.54. The molecule has 9 heteroatoms. The minimum absolute atomic E-state index is 0.200. The van der Waals surface area contributed by atoms with Crippen LogP contribution in [0, 0.1) is 11.3 Å². The van der Waals surface area contributed by atoms with Gasteiger partial charge < -0.3 is 14.7 Å². The average molecular weight is 573 g/mol. The summed E-state index contributed by atoms with van der Waals surface area (Å²) < 4.78 is 33.8. The van der Waals surface area contributed by atoms with Crippen LogP contribution >= 0.6 is 11.6 Å². The highest BCUT2D eigenvalue weighted by atomic mass is 35.5. The van der Waals surface area contributed by atoms with Crippen LogP contribution in [0.15, 0.2) is 48.6 Å². The van der Waals surface area contributed by atoms with E-state index in [1.807, 2.05) is 24.3 Å². The number of allylic oxidation sites excluding steroid dienone is 1. The number of halogens is 1. The van der Waals surface area contributed by atoms with Gasteiger partial charge in [-0.25, -0.2) is 13.1 Å². The Morgan fingerprint density at radius 3 is 2.77 bits per heavy atom. The molecule has 0 spiro atoms. The molecule has 1 fully saturated rings. The van der Waals surface area contributed by atoms with Crippen molar-refractivity contribution in [2.75, 3.05) is 23.7 Å². The molecule has 2 N–H and O–H groups in total. The van der Waals surface area contributed by atoms with Gasteiger partial charge >= 0.3 is 0 Å². The van der Waals surface area contributed by atoms with Gasteiger partial charge in [0, 0.05) is 23.7 Å². The van der Waals surface area contributed by atoms with Gasteiger partial charge in [0.1, 0.15) is 12.4 Å². The Kier molecular flexibility index (Phi) is 8.26. The first kappa shape index (κ1) is 28.0. The number of fused-ring (bicyclic) bond motifs is 3. The Bertz CT molecular complexity index is 1360. The number of benzene rings is 2. The van der Waals surface area contributed by atoms with Crippen LogP contribution < -0.4 is 14.4 Å². The molecular formula is C30H37ClN2O5S. The number of hydrogen-bond acceptors (Lipinski definition) is 6. The van der Waals surface area contributed by atoms with Crippen molar-refractivity contribution in [2.45, 2.75) is 64.6 Å². The van der Waals surface area contributed by atoms with Crippen molar-refractivity contribution in [3.05, 3.63) is 70.3 Å². The number of aliphatic hydroxyl groups is 1. The number of carbonyl (C=O) groups is 1. The summed E-state index contributed by atoms with van der Waals surface area (Å²) in [6.45, 7) is 3.98. The van der Waals surface area contributed by atoms with Crippen molar-refractivity contribution in [2.24, 2.45) is 11.3 Å². The summed E-state index contributed by atoms with van der Waals surface area (Å²) >= 11 is 6.29. The lowest BCUT2D eigenvalue weighted by Gasteiger charge is -2.52. The van der Waals surface area contributed by atoms with E-state index in [4.69, 9.17) is 16.3 Å². The number of nitrogens with one attached hydrogen (secondary N) is 1. The molecule has 0 unspecified atom stereocenters. The summed E-state index contributed by atoms with van der Waals surface area (Å²) in [7, 11) is -3.81. The fourth-order valence-corrected chi connectivity index (χ4v) is 7.12. The molecule has 2 aromatic rings. The number of amides is 1. The van der Waals surface area contributed by atoms with Crippen LogP contribution in [0.2, 0.25) is 5.02 Å². The maximum atomic E-state index is 13.0. The van der Waals surface area contributed by atoms with Gasteiger partial charge in [-0.05, 0) is 97.7 Å². The topological polar surface area (TPSA) is 95.9 Å². The fourth-order valence-electron chi connectivity index (χ4n) is 5.97. The van der Waals surface area contributed by atoms with Gasteiger partial charge in [0.05, 0.1) is 17.5 Å². The lowest BCUT2D eigenvalue weighted by atomic mass is 9.57. The van der Waals surface area contributed by atoms with Crippen molar-refractivity contribution in [1.29, 1.82) is 0 Å². The van der Waals surface area contributed by atoms with Crippen molar-refractivity contribution < 1.29 is 23.1 Å². The van der Waals surface area contributed by atoms with E-state index >= 15 is 0 Å². The molecule has 2 aromatic carbocycles. The van der Waals surface area contributed by atoms with Crippen LogP contribution in [0.4, 0.5) is 5.69 Å². The second kappa shape index (κ2) is 11.5. The van der Waals surface area contributed by atoms with E-state index in [-0.39, 0.29) is 29.1 Å². The Labute approximate surface area is 236 Å². The molecule has 210 valence electrons. The van der Waals surface area contributed by atoms with Crippen LogP contribution in [0.3, 0.4) is 0 Å². The quantitative estimate of drug-likeness (QED) is 0.419. The molecule has 2 aliphatic heterocycles. The Morgan fingerprint density at radius 1 is 1.13 bits per heavy atom. The van der Waals surface area contributed by atoms with Crippen LogP contribution in [-0.4, -0.2) is 44.4 Å². The van der Waals surface area contributed by atoms with Gasteiger partial charge in [-0.1, -0.05) is 36.7 Å². The molecule has 1 saturated carbocycles.